The number of carbonyl (C=O) groups excluding carboxylic acids is 2. The predicted molar refractivity (Wildman–Crippen MR) is 92.7 cm³/mol. The number of aromatic nitrogens is 2. The molecule has 4 rings (SSSR count). The second kappa shape index (κ2) is 5.41. The number of aryl methyl sites for hydroxylation is 1. The van der Waals surface area contributed by atoms with Gasteiger partial charge in [0.05, 0.1) is 6.04 Å². The van der Waals surface area contributed by atoms with Gasteiger partial charge in [0.1, 0.15) is 5.69 Å². The second-order valence-electron chi connectivity index (χ2n) is 7.96. The van der Waals surface area contributed by atoms with Gasteiger partial charge in [-0.15, -0.1) is 0 Å². The van der Waals surface area contributed by atoms with E-state index >= 15 is 0 Å². The van der Waals surface area contributed by atoms with Crippen LogP contribution >= 0.6 is 0 Å². The summed E-state index contributed by atoms with van der Waals surface area (Å²) in [7, 11) is 0. The molecule has 0 radical (unpaired) electrons. The molecular weight excluding hydrogens is 318 g/mol. The van der Waals surface area contributed by atoms with E-state index < -0.39 is 0 Å². The fourth-order valence-electron chi connectivity index (χ4n) is 5.54. The van der Waals surface area contributed by atoms with Crippen LogP contribution in [0.3, 0.4) is 0 Å². The summed E-state index contributed by atoms with van der Waals surface area (Å²) in [6.07, 6.45) is 4.04. The lowest BCUT2D eigenvalue weighted by molar-refractivity contribution is -0.132. The normalized spacial score (nSPS) is 33.5. The third-order valence-electron chi connectivity index (χ3n) is 6.38. The number of anilines is 1. The summed E-state index contributed by atoms with van der Waals surface area (Å²) >= 11 is 0. The van der Waals surface area contributed by atoms with Gasteiger partial charge in [-0.1, -0.05) is 6.92 Å². The number of rotatable bonds is 1. The van der Waals surface area contributed by atoms with E-state index in [0.717, 1.165) is 25.7 Å². The van der Waals surface area contributed by atoms with Crippen LogP contribution in [0.25, 0.3) is 0 Å². The monoisotopic (exact) mass is 343 g/mol. The Balaban J connectivity index is 1.72. The lowest BCUT2D eigenvalue weighted by Crippen LogP contribution is -2.57. The molecule has 134 valence electrons. The van der Waals surface area contributed by atoms with Crippen molar-refractivity contribution in [3.8, 4) is 0 Å². The van der Waals surface area contributed by atoms with Crippen molar-refractivity contribution in [1.82, 2.24) is 19.8 Å². The minimum absolute atomic E-state index is 0.0316. The molecule has 1 aromatic rings. The van der Waals surface area contributed by atoms with Crippen molar-refractivity contribution in [2.75, 3.05) is 12.3 Å². The van der Waals surface area contributed by atoms with Crippen LogP contribution in [0.1, 0.15) is 55.7 Å². The average molecular weight is 343 g/mol. The van der Waals surface area contributed by atoms with E-state index in [4.69, 9.17) is 5.73 Å². The molecule has 2 saturated heterocycles. The SMILES string of the molecule is CC(=O)N1[C@@H]2CN(C(=O)c3cc(C)nc(N)n3)[C@@H]3CCC[C@H]1[C@]3(C)C2. The molecule has 7 heteroatoms. The Morgan fingerprint density at radius 1 is 1.28 bits per heavy atom. The Bertz CT molecular complexity index is 731. The molecule has 1 aliphatic carbocycles. The molecule has 25 heavy (non-hydrogen) atoms. The minimum atomic E-state index is -0.0934. The van der Waals surface area contributed by atoms with Crippen LogP contribution in [-0.2, 0) is 4.79 Å². The summed E-state index contributed by atoms with van der Waals surface area (Å²) in [5.41, 5.74) is 6.75. The molecule has 2 aliphatic heterocycles. The van der Waals surface area contributed by atoms with Crippen LogP contribution in [0.15, 0.2) is 6.07 Å². The fourth-order valence-corrected chi connectivity index (χ4v) is 5.54. The number of amides is 2. The van der Waals surface area contributed by atoms with Gasteiger partial charge in [0.25, 0.3) is 5.91 Å². The van der Waals surface area contributed by atoms with Crippen LogP contribution in [0.2, 0.25) is 0 Å². The van der Waals surface area contributed by atoms with Gasteiger partial charge in [0.2, 0.25) is 11.9 Å². The van der Waals surface area contributed by atoms with E-state index in [1.54, 1.807) is 13.0 Å². The molecule has 7 nitrogen and oxygen atoms in total. The summed E-state index contributed by atoms with van der Waals surface area (Å²) < 4.78 is 0. The highest BCUT2D eigenvalue weighted by Crippen LogP contribution is 2.54. The zero-order valence-corrected chi connectivity index (χ0v) is 15.0. The third kappa shape index (κ3) is 2.32. The van der Waals surface area contributed by atoms with Crippen molar-refractivity contribution in [2.24, 2.45) is 5.41 Å². The van der Waals surface area contributed by atoms with Gasteiger partial charge in [-0.3, -0.25) is 9.59 Å². The lowest BCUT2D eigenvalue weighted by atomic mass is 9.65. The van der Waals surface area contributed by atoms with Gasteiger partial charge in [0.15, 0.2) is 0 Å². The molecule has 0 aromatic carbocycles. The smallest absolute Gasteiger partial charge is 0.273 e. The van der Waals surface area contributed by atoms with Gasteiger partial charge in [-0.2, -0.15) is 0 Å². The number of hydrogen-bond donors (Lipinski definition) is 1. The van der Waals surface area contributed by atoms with Gasteiger partial charge in [0, 0.05) is 36.7 Å². The van der Waals surface area contributed by atoms with Gasteiger partial charge in [-0.25, -0.2) is 9.97 Å². The Kier molecular flexibility index (Phi) is 3.53. The molecule has 2 N–H and O–H groups in total. The predicted octanol–water partition coefficient (Wildman–Crippen LogP) is 1.37. The largest absolute Gasteiger partial charge is 0.368 e. The van der Waals surface area contributed by atoms with Gasteiger partial charge in [-0.05, 0) is 38.7 Å². The first-order chi connectivity index (χ1) is 11.8. The van der Waals surface area contributed by atoms with E-state index in [1.165, 1.54) is 0 Å². The zero-order valence-electron chi connectivity index (χ0n) is 15.0. The van der Waals surface area contributed by atoms with Crippen LogP contribution in [0, 0.1) is 12.3 Å². The first-order valence-corrected chi connectivity index (χ1v) is 9.02. The van der Waals surface area contributed by atoms with E-state index in [-0.39, 0.29) is 41.3 Å². The summed E-state index contributed by atoms with van der Waals surface area (Å²) in [6, 6.07) is 2.19. The lowest BCUT2D eigenvalue weighted by Gasteiger charge is -2.49. The molecule has 1 saturated carbocycles. The van der Waals surface area contributed by atoms with E-state index in [2.05, 4.69) is 16.9 Å². The van der Waals surface area contributed by atoms with Crippen LogP contribution in [0.4, 0.5) is 5.95 Å². The van der Waals surface area contributed by atoms with Crippen LogP contribution in [0.5, 0.6) is 0 Å². The number of carbonyl (C=O) groups is 2. The Hall–Kier alpha value is -2.18. The zero-order chi connectivity index (χ0) is 17.9. The molecule has 1 aromatic heterocycles. The molecule has 2 bridgehead atoms. The summed E-state index contributed by atoms with van der Waals surface area (Å²) in [5.74, 6) is 0.154. The maximum Gasteiger partial charge on any atom is 0.273 e. The van der Waals surface area contributed by atoms with Crippen molar-refractivity contribution >= 4 is 17.8 Å². The van der Waals surface area contributed by atoms with Crippen molar-refractivity contribution in [1.29, 1.82) is 0 Å². The Morgan fingerprint density at radius 2 is 2.00 bits per heavy atom. The first kappa shape index (κ1) is 16.3. The minimum Gasteiger partial charge on any atom is -0.368 e. The van der Waals surface area contributed by atoms with E-state index in [0.29, 0.717) is 17.9 Å². The average Bonchev–Trinajstić information content (AvgIpc) is 2.82. The highest BCUT2D eigenvalue weighted by Gasteiger charge is 2.61. The van der Waals surface area contributed by atoms with E-state index in [1.807, 2.05) is 16.7 Å². The number of likely N-dealkylation sites (tertiary alicyclic amines) is 2. The van der Waals surface area contributed by atoms with Crippen molar-refractivity contribution in [3.63, 3.8) is 0 Å². The standard InChI is InChI=1S/C18H25N5O2/c1-10-7-13(21-17(19)20-10)16(25)22-9-12-8-18(3)14(22)5-4-6-15(18)23(12)11(2)24/h7,12,14-15H,4-6,8-9H2,1-3H3,(H2,19,20,21)/t12-,14+,15-,18+/m0/s1. The van der Waals surface area contributed by atoms with Gasteiger partial charge >= 0.3 is 0 Å². The molecule has 3 aliphatic rings. The summed E-state index contributed by atoms with van der Waals surface area (Å²) in [5, 5.41) is 0. The van der Waals surface area contributed by atoms with Crippen LogP contribution in [-0.4, -0.2) is 56.3 Å². The summed E-state index contributed by atoms with van der Waals surface area (Å²) in [4.78, 5) is 37.7. The molecule has 3 heterocycles. The van der Waals surface area contributed by atoms with Crippen LogP contribution < -0.4 is 5.73 Å². The number of piperidine rings is 1. The van der Waals surface area contributed by atoms with E-state index in [9.17, 15) is 9.59 Å². The second-order valence-corrected chi connectivity index (χ2v) is 7.96. The maximum absolute atomic E-state index is 13.2. The maximum atomic E-state index is 13.2. The van der Waals surface area contributed by atoms with Crippen molar-refractivity contribution in [2.45, 2.75) is 64.6 Å². The van der Waals surface area contributed by atoms with Crippen molar-refractivity contribution in [3.05, 3.63) is 17.5 Å². The Labute approximate surface area is 147 Å². The topological polar surface area (TPSA) is 92.4 Å². The number of nitrogen functional groups attached to an aromatic ring is 1. The quantitative estimate of drug-likeness (QED) is 0.831. The highest BCUT2D eigenvalue weighted by molar-refractivity contribution is 5.93. The molecule has 0 spiro atoms. The number of fused-ring (bicyclic) bond motifs is 1. The molecular formula is C18H25N5O2. The molecule has 2 amide bonds. The fraction of sp³-hybridized carbons (Fsp3) is 0.667. The molecule has 0 unspecified atom stereocenters. The highest BCUT2D eigenvalue weighted by atomic mass is 16.2. The first-order valence-electron chi connectivity index (χ1n) is 9.02. The van der Waals surface area contributed by atoms with Gasteiger partial charge < -0.3 is 15.5 Å². The molecule has 4 atom stereocenters. The third-order valence-corrected chi connectivity index (χ3v) is 6.38. The Morgan fingerprint density at radius 3 is 2.68 bits per heavy atom. The molecule has 3 fully saturated rings. The number of nitrogens with two attached hydrogens (primary N) is 1. The number of hydrogen-bond acceptors (Lipinski definition) is 5. The number of nitrogens with zero attached hydrogens (tertiary/aromatic N) is 4. The summed E-state index contributed by atoms with van der Waals surface area (Å²) in [6.45, 7) is 6.28. The van der Waals surface area contributed by atoms with Crippen molar-refractivity contribution < 1.29 is 9.59 Å².